The summed E-state index contributed by atoms with van der Waals surface area (Å²) in [6.07, 6.45) is 10.6. The lowest BCUT2D eigenvalue weighted by atomic mass is 9.79. The predicted molar refractivity (Wildman–Crippen MR) is 76.0 cm³/mol. The zero-order chi connectivity index (χ0) is 13.1. The van der Waals surface area contributed by atoms with Gasteiger partial charge in [0.05, 0.1) is 6.61 Å². The van der Waals surface area contributed by atoms with Gasteiger partial charge in [-0.25, -0.2) is 0 Å². The fraction of sp³-hybridized carbons (Fsp3) is 1.00. The molecular formula is C16H29NO2. The quantitative estimate of drug-likeness (QED) is 0.803. The van der Waals surface area contributed by atoms with Crippen LogP contribution in [0.4, 0.5) is 0 Å². The van der Waals surface area contributed by atoms with Crippen molar-refractivity contribution < 1.29 is 9.84 Å². The first-order chi connectivity index (χ1) is 9.31. The highest BCUT2D eigenvalue weighted by molar-refractivity contribution is 4.90. The van der Waals surface area contributed by atoms with E-state index in [1.807, 2.05) is 0 Å². The Morgan fingerprint density at radius 3 is 2.53 bits per heavy atom. The molecule has 3 nitrogen and oxygen atoms in total. The van der Waals surface area contributed by atoms with Crippen LogP contribution in [0, 0.1) is 17.3 Å². The van der Waals surface area contributed by atoms with Crippen molar-refractivity contribution in [2.75, 3.05) is 26.4 Å². The van der Waals surface area contributed by atoms with Gasteiger partial charge in [0.15, 0.2) is 0 Å². The minimum absolute atomic E-state index is 0.0881. The molecule has 110 valence electrons. The molecule has 0 radical (unpaired) electrons. The van der Waals surface area contributed by atoms with Crippen molar-refractivity contribution in [3.63, 3.8) is 0 Å². The first-order valence-corrected chi connectivity index (χ1v) is 8.23. The van der Waals surface area contributed by atoms with E-state index < -0.39 is 0 Å². The number of aliphatic hydroxyl groups excluding tert-OH is 1. The first-order valence-electron chi connectivity index (χ1n) is 8.23. The van der Waals surface area contributed by atoms with Crippen LogP contribution >= 0.6 is 0 Å². The van der Waals surface area contributed by atoms with E-state index in [0.717, 1.165) is 44.4 Å². The normalized spacial score (nSPS) is 35.2. The summed E-state index contributed by atoms with van der Waals surface area (Å²) >= 11 is 0. The Kier molecular flexibility index (Phi) is 4.45. The van der Waals surface area contributed by atoms with Crippen LogP contribution in [0.1, 0.15) is 51.4 Å². The molecule has 3 heteroatoms. The Labute approximate surface area is 117 Å². The Bertz CT molecular complexity index is 284. The van der Waals surface area contributed by atoms with Gasteiger partial charge >= 0.3 is 0 Å². The molecule has 1 heterocycles. The molecular weight excluding hydrogens is 238 g/mol. The van der Waals surface area contributed by atoms with Gasteiger partial charge in [-0.15, -0.1) is 0 Å². The zero-order valence-corrected chi connectivity index (χ0v) is 12.1. The van der Waals surface area contributed by atoms with E-state index in [1.54, 1.807) is 0 Å². The van der Waals surface area contributed by atoms with Crippen molar-refractivity contribution >= 4 is 0 Å². The number of hydrogen-bond acceptors (Lipinski definition) is 3. The highest BCUT2D eigenvalue weighted by Gasteiger charge is 2.36. The van der Waals surface area contributed by atoms with E-state index in [9.17, 15) is 5.11 Å². The van der Waals surface area contributed by atoms with Crippen molar-refractivity contribution in [3.05, 3.63) is 0 Å². The molecule has 19 heavy (non-hydrogen) atoms. The summed E-state index contributed by atoms with van der Waals surface area (Å²) in [5.41, 5.74) is 0.0881. The van der Waals surface area contributed by atoms with Crippen molar-refractivity contribution in [3.8, 4) is 0 Å². The van der Waals surface area contributed by atoms with Crippen LogP contribution in [0.25, 0.3) is 0 Å². The lowest BCUT2D eigenvalue weighted by Crippen LogP contribution is -2.46. The van der Waals surface area contributed by atoms with E-state index in [4.69, 9.17) is 4.74 Å². The Morgan fingerprint density at radius 2 is 1.84 bits per heavy atom. The lowest BCUT2D eigenvalue weighted by molar-refractivity contribution is -0.0174. The van der Waals surface area contributed by atoms with Crippen LogP contribution in [-0.4, -0.2) is 37.5 Å². The number of nitrogens with one attached hydrogen (secondary N) is 1. The molecule has 0 bridgehead atoms. The first kappa shape index (κ1) is 13.8. The van der Waals surface area contributed by atoms with Gasteiger partial charge in [-0.05, 0) is 50.4 Å². The van der Waals surface area contributed by atoms with Gasteiger partial charge in [-0.3, -0.25) is 0 Å². The van der Waals surface area contributed by atoms with Crippen LogP contribution in [-0.2, 0) is 4.74 Å². The maximum atomic E-state index is 9.73. The van der Waals surface area contributed by atoms with Gasteiger partial charge in [0.1, 0.15) is 0 Å². The van der Waals surface area contributed by atoms with Gasteiger partial charge in [0.2, 0.25) is 0 Å². The molecule has 2 unspecified atom stereocenters. The Balaban J connectivity index is 1.47. The van der Waals surface area contributed by atoms with Crippen LogP contribution in [0.15, 0.2) is 0 Å². The van der Waals surface area contributed by atoms with Crippen LogP contribution in [0.5, 0.6) is 0 Å². The number of rotatable bonds is 5. The average molecular weight is 267 g/mol. The zero-order valence-electron chi connectivity index (χ0n) is 12.1. The van der Waals surface area contributed by atoms with Crippen LogP contribution in [0.3, 0.4) is 0 Å². The standard InChI is InChI=1S/C16H29NO2/c18-12-16(6-8-19-9-7-16)11-17-15-3-1-2-14(10-15)13-4-5-13/h13-15,17-18H,1-12H2. The monoisotopic (exact) mass is 267 g/mol. The summed E-state index contributed by atoms with van der Waals surface area (Å²) < 4.78 is 5.44. The molecule has 0 aromatic rings. The second-order valence-corrected chi connectivity index (χ2v) is 7.11. The molecule has 2 saturated carbocycles. The molecule has 1 saturated heterocycles. The SMILES string of the molecule is OCC1(CNC2CCCC(C3CC3)C2)CCOCC1. The molecule has 0 amide bonds. The highest BCUT2D eigenvalue weighted by Crippen LogP contribution is 2.44. The second-order valence-electron chi connectivity index (χ2n) is 7.11. The maximum Gasteiger partial charge on any atom is 0.0501 e. The third kappa shape index (κ3) is 3.50. The smallest absolute Gasteiger partial charge is 0.0501 e. The molecule has 3 rings (SSSR count). The molecule has 2 atom stereocenters. The molecule has 3 fully saturated rings. The van der Waals surface area contributed by atoms with Gasteiger partial charge < -0.3 is 15.2 Å². The largest absolute Gasteiger partial charge is 0.396 e. The molecule has 2 aliphatic carbocycles. The Hall–Kier alpha value is -0.120. The second kappa shape index (κ2) is 6.11. The van der Waals surface area contributed by atoms with Gasteiger partial charge in [0.25, 0.3) is 0 Å². The predicted octanol–water partition coefficient (Wildman–Crippen LogP) is 2.33. The molecule has 1 aliphatic heterocycles. The summed E-state index contributed by atoms with van der Waals surface area (Å²) in [5, 5.41) is 13.5. The van der Waals surface area contributed by atoms with Crippen LogP contribution < -0.4 is 5.32 Å². The fourth-order valence-electron chi connectivity index (χ4n) is 3.96. The molecule has 0 aromatic carbocycles. The summed E-state index contributed by atoms with van der Waals surface area (Å²) in [6.45, 7) is 2.92. The maximum absolute atomic E-state index is 9.73. The van der Waals surface area contributed by atoms with E-state index in [0.29, 0.717) is 12.6 Å². The van der Waals surface area contributed by atoms with Crippen molar-refractivity contribution in [2.24, 2.45) is 17.3 Å². The molecule has 0 spiro atoms. The summed E-state index contributed by atoms with van der Waals surface area (Å²) in [4.78, 5) is 0. The van der Waals surface area contributed by atoms with Gasteiger partial charge in [-0.2, -0.15) is 0 Å². The third-order valence-corrected chi connectivity index (χ3v) is 5.66. The molecule has 3 aliphatic rings. The van der Waals surface area contributed by atoms with Gasteiger partial charge in [0, 0.05) is 31.2 Å². The topological polar surface area (TPSA) is 41.5 Å². The van der Waals surface area contributed by atoms with E-state index in [2.05, 4.69) is 5.32 Å². The van der Waals surface area contributed by atoms with Crippen molar-refractivity contribution in [1.29, 1.82) is 0 Å². The molecule has 2 N–H and O–H groups in total. The van der Waals surface area contributed by atoms with Crippen LogP contribution in [0.2, 0.25) is 0 Å². The van der Waals surface area contributed by atoms with E-state index in [1.165, 1.54) is 38.5 Å². The summed E-state index contributed by atoms with van der Waals surface area (Å²) in [5.74, 6) is 2.05. The number of hydrogen-bond donors (Lipinski definition) is 2. The van der Waals surface area contributed by atoms with E-state index >= 15 is 0 Å². The van der Waals surface area contributed by atoms with Gasteiger partial charge in [-0.1, -0.05) is 12.8 Å². The highest BCUT2D eigenvalue weighted by atomic mass is 16.5. The Morgan fingerprint density at radius 1 is 1.05 bits per heavy atom. The van der Waals surface area contributed by atoms with E-state index in [-0.39, 0.29) is 5.41 Å². The lowest BCUT2D eigenvalue weighted by Gasteiger charge is -2.38. The third-order valence-electron chi connectivity index (χ3n) is 5.66. The fourth-order valence-corrected chi connectivity index (χ4v) is 3.96. The summed E-state index contributed by atoms with van der Waals surface area (Å²) in [7, 11) is 0. The minimum atomic E-state index is 0.0881. The minimum Gasteiger partial charge on any atom is -0.396 e. The van der Waals surface area contributed by atoms with Crippen molar-refractivity contribution in [2.45, 2.75) is 57.4 Å². The van der Waals surface area contributed by atoms with Crippen molar-refractivity contribution in [1.82, 2.24) is 5.32 Å². The molecule has 0 aromatic heterocycles. The number of ether oxygens (including phenoxy) is 1. The average Bonchev–Trinajstić information content (AvgIpc) is 3.31. The summed E-state index contributed by atoms with van der Waals surface area (Å²) in [6, 6.07) is 0.700. The number of aliphatic hydroxyl groups is 1.